The van der Waals surface area contributed by atoms with Crippen LogP contribution in [0.2, 0.25) is 0 Å². The van der Waals surface area contributed by atoms with Crippen molar-refractivity contribution < 1.29 is 5.11 Å². The highest BCUT2D eigenvalue weighted by atomic mass is 16.3. The van der Waals surface area contributed by atoms with Crippen LogP contribution in [-0.4, -0.2) is 16.6 Å². The van der Waals surface area contributed by atoms with Crippen LogP contribution in [0.1, 0.15) is 11.1 Å². The Morgan fingerprint density at radius 3 is 2.93 bits per heavy atom. The third-order valence-electron chi connectivity index (χ3n) is 2.50. The molecule has 0 spiro atoms. The molecule has 1 aromatic heterocycles. The standard InChI is InChI=1S/C11H14N2O/c1-7-4-10-9(5-11(7)14)8(2-3-12)6-13-10/h4-6,13-14H,2-3,12H2,1H3. The summed E-state index contributed by atoms with van der Waals surface area (Å²) in [6.45, 7) is 2.51. The molecule has 0 atom stereocenters. The molecule has 0 fully saturated rings. The number of rotatable bonds is 2. The minimum absolute atomic E-state index is 0.343. The van der Waals surface area contributed by atoms with E-state index in [1.807, 2.05) is 19.2 Å². The number of fused-ring (bicyclic) bond motifs is 1. The van der Waals surface area contributed by atoms with Crippen LogP contribution in [0.5, 0.6) is 5.75 Å². The van der Waals surface area contributed by atoms with Gasteiger partial charge in [0.25, 0.3) is 0 Å². The molecule has 0 unspecified atom stereocenters. The number of nitrogens with one attached hydrogen (secondary N) is 1. The van der Waals surface area contributed by atoms with Crippen LogP contribution >= 0.6 is 0 Å². The SMILES string of the molecule is Cc1cc2[nH]cc(CCN)c2cc1O. The summed E-state index contributed by atoms with van der Waals surface area (Å²) in [6.07, 6.45) is 2.79. The van der Waals surface area contributed by atoms with Crippen LogP contribution in [0, 0.1) is 6.92 Å². The van der Waals surface area contributed by atoms with Crippen LogP contribution in [-0.2, 0) is 6.42 Å². The molecule has 4 N–H and O–H groups in total. The number of aromatic nitrogens is 1. The van der Waals surface area contributed by atoms with Crippen molar-refractivity contribution in [2.45, 2.75) is 13.3 Å². The number of phenols is 1. The normalized spacial score (nSPS) is 11.0. The summed E-state index contributed by atoms with van der Waals surface area (Å²) in [6, 6.07) is 3.75. The lowest BCUT2D eigenvalue weighted by atomic mass is 10.1. The second kappa shape index (κ2) is 3.35. The first-order chi connectivity index (χ1) is 6.72. The monoisotopic (exact) mass is 190 g/mol. The van der Waals surface area contributed by atoms with Gasteiger partial charge in [0.15, 0.2) is 0 Å². The molecule has 0 aliphatic heterocycles. The Morgan fingerprint density at radius 1 is 1.43 bits per heavy atom. The van der Waals surface area contributed by atoms with E-state index >= 15 is 0 Å². The number of benzene rings is 1. The van der Waals surface area contributed by atoms with Gasteiger partial charge < -0.3 is 15.8 Å². The quantitative estimate of drug-likeness (QED) is 0.674. The smallest absolute Gasteiger partial charge is 0.119 e. The fourth-order valence-corrected chi connectivity index (χ4v) is 1.69. The van der Waals surface area contributed by atoms with Crippen molar-refractivity contribution >= 4 is 10.9 Å². The number of hydrogen-bond donors (Lipinski definition) is 3. The van der Waals surface area contributed by atoms with Gasteiger partial charge in [-0.3, -0.25) is 0 Å². The number of H-pyrrole nitrogens is 1. The molecule has 2 rings (SSSR count). The number of aromatic hydroxyl groups is 1. The summed E-state index contributed by atoms with van der Waals surface area (Å²) < 4.78 is 0. The van der Waals surface area contributed by atoms with E-state index in [9.17, 15) is 5.11 Å². The predicted molar refractivity (Wildman–Crippen MR) is 57.5 cm³/mol. The highest BCUT2D eigenvalue weighted by Gasteiger charge is 2.05. The van der Waals surface area contributed by atoms with Gasteiger partial charge in [0.2, 0.25) is 0 Å². The Bertz CT molecular complexity index is 460. The molecule has 3 nitrogen and oxygen atoms in total. The van der Waals surface area contributed by atoms with Gasteiger partial charge in [0.1, 0.15) is 5.75 Å². The van der Waals surface area contributed by atoms with Crippen molar-refractivity contribution in [1.29, 1.82) is 0 Å². The maximum atomic E-state index is 9.58. The molecule has 1 heterocycles. The molecule has 0 amide bonds. The Hall–Kier alpha value is -1.48. The lowest BCUT2D eigenvalue weighted by Crippen LogP contribution is -2.01. The van der Waals surface area contributed by atoms with Crippen molar-refractivity contribution in [2.24, 2.45) is 5.73 Å². The van der Waals surface area contributed by atoms with Gasteiger partial charge in [-0.05, 0) is 43.1 Å². The van der Waals surface area contributed by atoms with Crippen LogP contribution < -0.4 is 5.73 Å². The Balaban J connectivity index is 2.61. The second-order valence-corrected chi connectivity index (χ2v) is 3.54. The fraction of sp³-hybridized carbons (Fsp3) is 0.273. The summed E-state index contributed by atoms with van der Waals surface area (Å²) in [5, 5.41) is 10.7. The van der Waals surface area contributed by atoms with Crippen molar-refractivity contribution in [2.75, 3.05) is 6.54 Å². The molecule has 74 valence electrons. The topological polar surface area (TPSA) is 62.0 Å². The van der Waals surface area contributed by atoms with E-state index in [0.717, 1.165) is 28.5 Å². The Morgan fingerprint density at radius 2 is 2.21 bits per heavy atom. The van der Waals surface area contributed by atoms with Crippen molar-refractivity contribution in [3.8, 4) is 5.75 Å². The first kappa shape index (κ1) is 9.09. The van der Waals surface area contributed by atoms with Gasteiger partial charge in [-0.2, -0.15) is 0 Å². The average Bonchev–Trinajstić information content (AvgIpc) is 2.51. The maximum absolute atomic E-state index is 9.58. The third-order valence-corrected chi connectivity index (χ3v) is 2.50. The largest absolute Gasteiger partial charge is 0.508 e. The van der Waals surface area contributed by atoms with Crippen LogP contribution in [0.4, 0.5) is 0 Å². The van der Waals surface area contributed by atoms with Gasteiger partial charge >= 0.3 is 0 Å². The Kier molecular flexibility index (Phi) is 2.17. The third kappa shape index (κ3) is 1.36. The molecule has 3 heteroatoms. The molecule has 0 bridgehead atoms. The maximum Gasteiger partial charge on any atom is 0.119 e. The van der Waals surface area contributed by atoms with Crippen LogP contribution in [0.15, 0.2) is 18.3 Å². The highest BCUT2D eigenvalue weighted by Crippen LogP contribution is 2.26. The molecule has 0 aliphatic rings. The summed E-state index contributed by atoms with van der Waals surface area (Å²) in [4.78, 5) is 3.17. The number of aryl methyl sites for hydroxylation is 1. The molecule has 14 heavy (non-hydrogen) atoms. The molecule has 0 saturated carbocycles. The van der Waals surface area contributed by atoms with Crippen LogP contribution in [0.3, 0.4) is 0 Å². The lowest BCUT2D eigenvalue weighted by Gasteiger charge is -2.00. The van der Waals surface area contributed by atoms with Gasteiger partial charge in [-0.1, -0.05) is 0 Å². The minimum Gasteiger partial charge on any atom is -0.508 e. The summed E-state index contributed by atoms with van der Waals surface area (Å²) >= 11 is 0. The van der Waals surface area contributed by atoms with E-state index in [0.29, 0.717) is 12.3 Å². The van der Waals surface area contributed by atoms with Gasteiger partial charge in [0, 0.05) is 17.1 Å². The molecular weight excluding hydrogens is 176 g/mol. The number of phenolic OH excluding ortho intramolecular Hbond substituents is 1. The van der Waals surface area contributed by atoms with E-state index in [4.69, 9.17) is 5.73 Å². The van der Waals surface area contributed by atoms with Crippen molar-refractivity contribution in [1.82, 2.24) is 4.98 Å². The van der Waals surface area contributed by atoms with E-state index < -0.39 is 0 Å². The Labute approximate surface area is 82.6 Å². The number of aromatic amines is 1. The molecule has 1 aromatic carbocycles. The average molecular weight is 190 g/mol. The van der Waals surface area contributed by atoms with Gasteiger partial charge in [-0.25, -0.2) is 0 Å². The fourth-order valence-electron chi connectivity index (χ4n) is 1.69. The van der Waals surface area contributed by atoms with Crippen LogP contribution in [0.25, 0.3) is 10.9 Å². The minimum atomic E-state index is 0.343. The second-order valence-electron chi connectivity index (χ2n) is 3.54. The highest BCUT2D eigenvalue weighted by molar-refractivity contribution is 5.85. The lowest BCUT2D eigenvalue weighted by molar-refractivity contribution is 0.472. The molecular formula is C11H14N2O. The molecule has 0 radical (unpaired) electrons. The van der Waals surface area contributed by atoms with E-state index in [1.54, 1.807) is 6.07 Å². The summed E-state index contributed by atoms with van der Waals surface area (Å²) in [5.74, 6) is 0.343. The molecule has 0 saturated heterocycles. The molecule has 2 aromatic rings. The summed E-state index contributed by atoms with van der Waals surface area (Å²) in [5.41, 5.74) is 8.61. The zero-order chi connectivity index (χ0) is 10.1. The number of hydrogen-bond acceptors (Lipinski definition) is 2. The summed E-state index contributed by atoms with van der Waals surface area (Å²) in [7, 11) is 0. The molecule has 0 aliphatic carbocycles. The predicted octanol–water partition coefficient (Wildman–Crippen LogP) is 1.68. The number of nitrogens with two attached hydrogens (primary N) is 1. The van der Waals surface area contributed by atoms with Gasteiger partial charge in [0.05, 0.1) is 0 Å². The first-order valence-corrected chi connectivity index (χ1v) is 4.72. The van der Waals surface area contributed by atoms with E-state index in [2.05, 4.69) is 4.98 Å². The van der Waals surface area contributed by atoms with Crippen molar-refractivity contribution in [3.63, 3.8) is 0 Å². The van der Waals surface area contributed by atoms with Crippen molar-refractivity contribution in [3.05, 3.63) is 29.5 Å². The zero-order valence-corrected chi connectivity index (χ0v) is 8.17. The van der Waals surface area contributed by atoms with Gasteiger partial charge in [-0.15, -0.1) is 0 Å². The first-order valence-electron chi connectivity index (χ1n) is 4.72. The van der Waals surface area contributed by atoms with E-state index in [1.165, 1.54) is 0 Å². The van der Waals surface area contributed by atoms with E-state index in [-0.39, 0.29) is 0 Å². The zero-order valence-electron chi connectivity index (χ0n) is 8.17.